The van der Waals surface area contributed by atoms with Crippen molar-refractivity contribution in [3.63, 3.8) is 0 Å². The molecule has 0 aromatic heterocycles. The van der Waals surface area contributed by atoms with Crippen LogP contribution in [0.4, 0.5) is 11.4 Å². The van der Waals surface area contributed by atoms with Crippen molar-refractivity contribution in [1.82, 2.24) is 4.90 Å². The number of nitrogens with one attached hydrogen (secondary N) is 1. The van der Waals surface area contributed by atoms with Crippen LogP contribution in [0.3, 0.4) is 0 Å². The van der Waals surface area contributed by atoms with Crippen molar-refractivity contribution in [2.75, 3.05) is 50.5 Å². The van der Waals surface area contributed by atoms with E-state index >= 15 is 0 Å². The van der Waals surface area contributed by atoms with Gasteiger partial charge in [0.15, 0.2) is 0 Å². The van der Waals surface area contributed by atoms with Crippen LogP contribution < -0.4 is 10.2 Å². The second kappa shape index (κ2) is 7.27. The van der Waals surface area contributed by atoms with Crippen LogP contribution in [0.15, 0.2) is 18.2 Å². The molecule has 0 atom stereocenters. The summed E-state index contributed by atoms with van der Waals surface area (Å²) in [5, 5.41) is 3.50. The van der Waals surface area contributed by atoms with Gasteiger partial charge >= 0.3 is 0 Å². The number of hydrogen-bond donors (Lipinski definition) is 1. The number of aryl methyl sites for hydroxylation is 1. The predicted molar refractivity (Wildman–Crippen MR) is 81.8 cm³/mol. The predicted octanol–water partition coefficient (Wildman–Crippen LogP) is 2.81. The molecule has 0 amide bonds. The highest BCUT2D eigenvalue weighted by Crippen LogP contribution is 2.22. The third-order valence-corrected chi connectivity index (χ3v) is 3.34. The van der Waals surface area contributed by atoms with Gasteiger partial charge in [-0.1, -0.05) is 19.9 Å². The monoisotopic (exact) mass is 249 g/mol. The van der Waals surface area contributed by atoms with Crippen LogP contribution in [-0.4, -0.2) is 45.2 Å². The summed E-state index contributed by atoms with van der Waals surface area (Å²) in [6.07, 6.45) is 0. The van der Waals surface area contributed by atoms with Crippen LogP contribution in [0.1, 0.15) is 19.4 Å². The van der Waals surface area contributed by atoms with E-state index < -0.39 is 0 Å². The van der Waals surface area contributed by atoms with Gasteiger partial charge in [-0.3, -0.25) is 0 Å². The lowest BCUT2D eigenvalue weighted by Gasteiger charge is -2.20. The summed E-state index contributed by atoms with van der Waals surface area (Å²) in [4.78, 5) is 4.58. The summed E-state index contributed by atoms with van der Waals surface area (Å²) in [7, 11) is 4.17. The van der Waals surface area contributed by atoms with Gasteiger partial charge in [0.05, 0.1) is 0 Å². The molecule has 1 aromatic rings. The van der Waals surface area contributed by atoms with Gasteiger partial charge in [-0.2, -0.15) is 0 Å². The lowest BCUT2D eigenvalue weighted by Crippen LogP contribution is -2.28. The number of benzene rings is 1. The van der Waals surface area contributed by atoms with E-state index in [1.807, 2.05) is 0 Å². The Hall–Kier alpha value is -1.22. The molecular weight excluding hydrogens is 222 g/mol. The summed E-state index contributed by atoms with van der Waals surface area (Å²) in [6.45, 7) is 10.9. The zero-order chi connectivity index (χ0) is 13.5. The zero-order valence-corrected chi connectivity index (χ0v) is 12.5. The molecule has 1 N–H and O–H groups in total. The molecule has 0 fully saturated rings. The van der Waals surface area contributed by atoms with Gasteiger partial charge in [-0.05, 0) is 37.7 Å². The van der Waals surface area contributed by atoms with Gasteiger partial charge < -0.3 is 15.1 Å². The van der Waals surface area contributed by atoms with Crippen LogP contribution in [0.5, 0.6) is 0 Å². The normalized spacial score (nSPS) is 10.8. The summed E-state index contributed by atoms with van der Waals surface area (Å²) in [5.41, 5.74) is 3.80. The van der Waals surface area contributed by atoms with Crippen molar-refractivity contribution in [2.24, 2.45) is 0 Å². The van der Waals surface area contributed by atoms with Crippen LogP contribution in [0.25, 0.3) is 0 Å². The molecular formula is C15H27N3. The van der Waals surface area contributed by atoms with Gasteiger partial charge in [-0.25, -0.2) is 0 Å². The zero-order valence-electron chi connectivity index (χ0n) is 12.5. The number of likely N-dealkylation sites (N-methyl/N-ethyl adjacent to an activating group) is 1. The lowest BCUT2D eigenvalue weighted by molar-refractivity contribution is 0.316. The van der Waals surface area contributed by atoms with Gasteiger partial charge in [0.25, 0.3) is 0 Å². The van der Waals surface area contributed by atoms with E-state index in [-0.39, 0.29) is 0 Å². The maximum Gasteiger partial charge on any atom is 0.0411 e. The maximum atomic E-state index is 3.50. The average Bonchev–Trinajstić information content (AvgIpc) is 2.36. The molecule has 0 unspecified atom stereocenters. The molecule has 3 heteroatoms. The molecule has 0 aliphatic carbocycles. The molecule has 3 nitrogen and oxygen atoms in total. The Bertz CT molecular complexity index is 357. The van der Waals surface area contributed by atoms with E-state index in [2.05, 4.69) is 68.2 Å². The maximum absolute atomic E-state index is 3.50. The van der Waals surface area contributed by atoms with Crippen molar-refractivity contribution in [3.8, 4) is 0 Å². The van der Waals surface area contributed by atoms with Gasteiger partial charge in [-0.15, -0.1) is 0 Å². The SMILES string of the molecule is CCN(CC)CCNc1ccc(C)c(N(C)C)c1. The lowest BCUT2D eigenvalue weighted by atomic mass is 10.1. The Morgan fingerprint density at radius 3 is 2.33 bits per heavy atom. The fourth-order valence-electron chi connectivity index (χ4n) is 2.10. The quantitative estimate of drug-likeness (QED) is 0.801. The Kier molecular flexibility index (Phi) is 5.99. The summed E-state index contributed by atoms with van der Waals surface area (Å²) in [5.74, 6) is 0. The Balaban J connectivity index is 2.55. The largest absolute Gasteiger partial charge is 0.384 e. The first-order valence-corrected chi connectivity index (χ1v) is 6.82. The molecule has 0 saturated carbocycles. The molecule has 0 radical (unpaired) electrons. The summed E-state index contributed by atoms with van der Waals surface area (Å²) < 4.78 is 0. The van der Waals surface area contributed by atoms with E-state index in [9.17, 15) is 0 Å². The highest BCUT2D eigenvalue weighted by Gasteiger charge is 2.03. The van der Waals surface area contributed by atoms with E-state index in [4.69, 9.17) is 0 Å². The van der Waals surface area contributed by atoms with Crippen LogP contribution in [0.2, 0.25) is 0 Å². The molecule has 0 spiro atoms. The topological polar surface area (TPSA) is 18.5 Å². The Morgan fingerprint density at radius 2 is 1.78 bits per heavy atom. The molecule has 0 bridgehead atoms. The van der Waals surface area contributed by atoms with Gasteiger partial charge in [0, 0.05) is 38.6 Å². The molecule has 18 heavy (non-hydrogen) atoms. The number of anilines is 2. The highest BCUT2D eigenvalue weighted by atomic mass is 15.1. The minimum absolute atomic E-state index is 0.998. The van der Waals surface area contributed by atoms with Crippen molar-refractivity contribution in [1.29, 1.82) is 0 Å². The minimum Gasteiger partial charge on any atom is -0.384 e. The van der Waals surface area contributed by atoms with Gasteiger partial charge in [0.1, 0.15) is 0 Å². The van der Waals surface area contributed by atoms with E-state index in [1.165, 1.54) is 16.9 Å². The number of rotatable bonds is 7. The van der Waals surface area contributed by atoms with E-state index in [1.54, 1.807) is 0 Å². The average molecular weight is 249 g/mol. The minimum atomic E-state index is 0.998. The summed E-state index contributed by atoms with van der Waals surface area (Å²) in [6, 6.07) is 6.55. The van der Waals surface area contributed by atoms with Crippen LogP contribution in [-0.2, 0) is 0 Å². The highest BCUT2D eigenvalue weighted by molar-refractivity contribution is 5.61. The molecule has 1 aromatic carbocycles. The first-order valence-electron chi connectivity index (χ1n) is 6.82. The number of hydrogen-bond acceptors (Lipinski definition) is 3. The molecule has 1 rings (SSSR count). The first kappa shape index (κ1) is 14.8. The Labute approximate surface area is 112 Å². The third kappa shape index (κ3) is 4.22. The first-order chi connectivity index (χ1) is 8.58. The van der Waals surface area contributed by atoms with Crippen LogP contribution >= 0.6 is 0 Å². The number of nitrogens with zero attached hydrogens (tertiary/aromatic N) is 2. The van der Waals surface area contributed by atoms with Crippen LogP contribution in [0, 0.1) is 6.92 Å². The smallest absolute Gasteiger partial charge is 0.0411 e. The standard InChI is InChI=1S/C15H27N3/c1-6-18(7-2)11-10-16-14-9-8-13(3)15(12-14)17(4)5/h8-9,12,16H,6-7,10-11H2,1-5H3. The van der Waals surface area contributed by atoms with Crippen molar-refractivity contribution in [2.45, 2.75) is 20.8 Å². The van der Waals surface area contributed by atoms with Gasteiger partial charge in [0.2, 0.25) is 0 Å². The molecule has 0 aliphatic heterocycles. The third-order valence-electron chi connectivity index (χ3n) is 3.34. The van der Waals surface area contributed by atoms with Crippen molar-refractivity contribution < 1.29 is 0 Å². The summed E-state index contributed by atoms with van der Waals surface area (Å²) >= 11 is 0. The fourth-order valence-corrected chi connectivity index (χ4v) is 2.10. The Morgan fingerprint density at radius 1 is 1.11 bits per heavy atom. The molecule has 102 valence electrons. The molecule has 0 aliphatic rings. The van der Waals surface area contributed by atoms with E-state index in [0.717, 1.165) is 26.2 Å². The molecule has 0 heterocycles. The van der Waals surface area contributed by atoms with E-state index in [0.29, 0.717) is 0 Å². The molecule has 0 saturated heterocycles. The second-order valence-electron chi connectivity index (χ2n) is 4.85. The van der Waals surface area contributed by atoms with Crippen molar-refractivity contribution in [3.05, 3.63) is 23.8 Å². The fraction of sp³-hybridized carbons (Fsp3) is 0.600. The second-order valence-corrected chi connectivity index (χ2v) is 4.85. The van der Waals surface area contributed by atoms with Crippen molar-refractivity contribution >= 4 is 11.4 Å².